The molecule has 0 fully saturated rings. The first-order chi connectivity index (χ1) is 6.88. The molecule has 15 heavy (non-hydrogen) atoms. The molecule has 0 aliphatic heterocycles. The molecule has 1 heteroatoms. The van der Waals surface area contributed by atoms with E-state index in [1.54, 1.807) is 0 Å². The second-order valence-electron chi connectivity index (χ2n) is 5.25. The highest BCUT2D eigenvalue weighted by Crippen LogP contribution is 2.18. The van der Waals surface area contributed by atoms with E-state index in [-0.39, 0.29) is 0 Å². The predicted molar refractivity (Wildman–Crippen MR) is 69.5 cm³/mol. The summed E-state index contributed by atoms with van der Waals surface area (Å²) >= 11 is 0. The van der Waals surface area contributed by atoms with E-state index < -0.39 is 0 Å². The molecule has 0 aromatic heterocycles. The van der Waals surface area contributed by atoms with Crippen LogP contribution in [0.3, 0.4) is 0 Å². The summed E-state index contributed by atoms with van der Waals surface area (Å²) in [6, 6.07) is 0. The summed E-state index contributed by atoms with van der Waals surface area (Å²) in [5, 5.41) is 0. The Morgan fingerprint density at radius 3 is 2.00 bits per heavy atom. The number of rotatable bonds is 5. The number of hydrogen-bond donors (Lipinski definition) is 0. The van der Waals surface area contributed by atoms with Crippen LogP contribution in [0.15, 0.2) is 11.8 Å². The topological polar surface area (TPSA) is 3.01 Å². The maximum atomic E-state index is 2.31. The second kappa shape index (κ2) is 6.81. The molecule has 1 nitrogen and oxygen atoms in total. The van der Waals surface area contributed by atoms with Gasteiger partial charge in [-0.2, -0.15) is 0 Å². The van der Waals surface area contributed by atoms with Crippen LogP contribution in [0, 0.1) is 17.8 Å². The van der Waals surface area contributed by atoms with E-state index >= 15 is 0 Å². The van der Waals surface area contributed by atoms with Crippen molar-refractivity contribution in [2.75, 3.05) is 6.54 Å². The van der Waals surface area contributed by atoms with Gasteiger partial charge in [0.05, 0.1) is 0 Å². The van der Waals surface area contributed by atoms with E-state index in [9.17, 15) is 0 Å². The summed E-state index contributed by atoms with van der Waals surface area (Å²) in [7, 11) is 0. The van der Waals surface area contributed by atoms with Crippen LogP contribution in [-0.4, -0.2) is 17.3 Å². The molecule has 0 spiro atoms. The van der Waals surface area contributed by atoms with Crippen molar-refractivity contribution in [3.05, 3.63) is 11.8 Å². The molecule has 0 N–H and O–H groups in total. The average molecular weight is 210 g/mol. The van der Waals surface area contributed by atoms with Gasteiger partial charge in [-0.15, -0.1) is 0 Å². The van der Waals surface area contributed by atoms with Crippen LogP contribution in [0.5, 0.6) is 0 Å². The lowest BCUT2D eigenvalue weighted by Crippen LogP contribution is -2.15. The maximum Gasteiger partial charge on any atom is 0.167 e. The molecule has 0 rings (SSSR count). The molecule has 0 amide bonds. The summed E-state index contributed by atoms with van der Waals surface area (Å²) in [5.41, 5.74) is 1.48. The zero-order valence-corrected chi connectivity index (χ0v) is 11.5. The van der Waals surface area contributed by atoms with Crippen molar-refractivity contribution in [3.8, 4) is 0 Å². The molecule has 1 unspecified atom stereocenters. The van der Waals surface area contributed by atoms with E-state index in [0.29, 0.717) is 11.8 Å². The van der Waals surface area contributed by atoms with Crippen LogP contribution in [-0.2, 0) is 0 Å². The zero-order valence-electron chi connectivity index (χ0n) is 11.5. The number of allylic oxidation sites excluding steroid dienone is 1. The molecule has 0 aromatic carbocycles. The van der Waals surface area contributed by atoms with Gasteiger partial charge in [0, 0.05) is 12.8 Å². The summed E-state index contributed by atoms with van der Waals surface area (Å²) in [5.74, 6) is 2.10. The van der Waals surface area contributed by atoms with Crippen molar-refractivity contribution in [3.63, 3.8) is 0 Å². The Bertz CT molecular complexity index is 234. The summed E-state index contributed by atoms with van der Waals surface area (Å²) in [6.45, 7) is 16.8. The molecule has 0 bridgehead atoms. The highest BCUT2D eigenvalue weighted by molar-refractivity contribution is 5.47. The van der Waals surface area contributed by atoms with Gasteiger partial charge in [0.2, 0.25) is 0 Å². The van der Waals surface area contributed by atoms with Gasteiger partial charge in [-0.25, -0.2) is 4.58 Å². The van der Waals surface area contributed by atoms with Crippen molar-refractivity contribution in [1.29, 1.82) is 0 Å². The SMILES string of the molecule is C/C=[N+](\C=C(/C)C(C)C(C)C)CC(C)C. The third-order valence-electron chi connectivity index (χ3n) is 3.00. The molecule has 0 aliphatic rings. The Labute approximate surface area is 95.9 Å². The van der Waals surface area contributed by atoms with Crippen LogP contribution in [0.2, 0.25) is 0 Å². The third kappa shape index (κ3) is 5.76. The predicted octanol–water partition coefficient (Wildman–Crippen LogP) is 3.94. The average Bonchev–Trinajstić information content (AvgIpc) is 2.14. The highest BCUT2D eigenvalue weighted by atomic mass is 15.0. The van der Waals surface area contributed by atoms with Crippen molar-refractivity contribution >= 4 is 6.21 Å². The fraction of sp³-hybridized carbons (Fsp3) is 0.786. The minimum absolute atomic E-state index is 0.666. The fourth-order valence-corrected chi connectivity index (χ4v) is 1.56. The van der Waals surface area contributed by atoms with Crippen LogP contribution in [0.4, 0.5) is 0 Å². The highest BCUT2D eigenvalue weighted by Gasteiger charge is 2.12. The van der Waals surface area contributed by atoms with Gasteiger partial charge < -0.3 is 0 Å². The van der Waals surface area contributed by atoms with Crippen LogP contribution in [0.25, 0.3) is 0 Å². The molecular formula is C14H28N+. The molecule has 88 valence electrons. The molecular weight excluding hydrogens is 182 g/mol. The number of nitrogens with zero attached hydrogens (tertiary/aromatic N) is 1. The first kappa shape index (κ1) is 14.4. The van der Waals surface area contributed by atoms with Gasteiger partial charge in [0.15, 0.2) is 6.20 Å². The summed E-state index contributed by atoms with van der Waals surface area (Å²) < 4.78 is 2.30. The van der Waals surface area contributed by atoms with Gasteiger partial charge >= 0.3 is 0 Å². The minimum atomic E-state index is 0.666. The fourth-order valence-electron chi connectivity index (χ4n) is 1.56. The second-order valence-corrected chi connectivity index (χ2v) is 5.25. The normalized spacial score (nSPS) is 16.3. The smallest absolute Gasteiger partial charge is 0.167 e. The Kier molecular flexibility index (Phi) is 6.55. The largest absolute Gasteiger partial charge is 0.209 e. The Balaban J connectivity index is 4.56. The summed E-state index contributed by atoms with van der Waals surface area (Å²) in [6.07, 6.45) is 4.46. The zero-order chi connectivity index (χ0) is 12.0. The third-order valence-corrected chi connectivity index (χ3v) is 3.00. The molecule has 0 saturated carbocycles. The molecule has 1 atom stereocenters. The van der Waals surface area contributed by atoms with Crippen molar-refractivity contribution in [2.45, 2.75) is 48.5 Å². The minimum Gasteiger partial charge on any atom is -0.209 e. The van der Waals surface area contributed by atoms with Gasteiger partial charge in [0.1, 0.15) is 12.8 Å². The molecule has 0 saturated heterocycles. The Hall–Kier alpha value is -0.590. The quantitative estimate of drug-likeness (QED) is 0.477. The van der Waals surface area contributed by atoms with E-state index in [1.807, 2.05) is 0 Å². The van der Waals surface area contributed by atoms with Crippen molar-refractivity contribution in [1.82, 2.24) is 0 Å². The van der Waals surface area contributed by atoms with Crippen molar-refractivity contribution in [2.24, 2.45) is 17.8 Å². The monoisotopic (exact) mass is 210 g/mol. The van der Waals surface area contributed by atoms with Crippen LogP contribution in [0.1, 0.15) is 48.5 Å². The van der Waals surface area contributed by atoms with E-state index in [2.05, 4.69) is 65.5 Å². The van der Waals surface area contributed by atoms with Gasteiger partial charge in [-0.1, -0.05) is 34.6 Å². The lowest BCUT2D eigenvalue weighted by molar-refractivity contribution is -0.461. The van der Waals surface area contributed by atoms with Gasteiger partial charge in [-0.3, -0.25) is 0 Å². The van der Waals surface area contributed by atoms with Gasteiger partial charge in [-0.05, 0) is 24.3 Å². The van der Waals surface area contributed by atoms with E-state index in [4.69, 9.17) is 0 Å². The standard InChI is InChI=1S/C14H28N/c1-8-15(9-11(2)3)10-13(6)14(7)12(4)5/h8,10-12,14H,9H2,1-7H3/q+1/b13-10+,15-8-. The molecule has 0 radical (unpaired) electrons. The first-order valence-corrected chi connectivity index (χ1v) is 6.12. The molecule has 0 aromatic rings. The van der Waals surface area contributed by atoms with Crippen molar-refractivity contribution < 1.29 is 4.58 Å². The van der Waals surface area contributed by atoms with E-state index in [0.717, 1.165) is 12.5 Å². The molecule has 0 heterocycles. The van der Waals surface area contributed by atoms with Gasteiger partial charge in [0.25, 0.3) is 0 Å². The summed E-state index contributed by atoms with van der Waals surface area (Å²) in [4.78, 5) is 0. The Morgan fingerprint density at radius 2 is 1.67 bits per heavy atom. The Morgan fingerprint density at radius 1 is 1.13 bits per heavy atom. The maximum absolute atomic E-state index is 2.31. The molecule has 0 aliphatic carbocycles. The van der Waals surface area contributed by atoms with Crippen LogP contribution < -0.4 is 0 Å². The lowest BCUT2D eigenvalue weighted by atomic mass is 9.91. The van der Waals surface area contributed by atoms with E-state index in [1.165, 1.54) is 5.57 Å². The first-order valence-electron chi connectivity index (χ1n) is 6.12. The van der Waals surface area contributed by atoms with Crippen LogP contribution >= 0.6 is 0 Å². The lowest BCUT2D eigenvalue weighted by Gasteiger charge is -2.15. The number of hydrogen-bond acceptors (Lipinski definition) is 0.